The Morgan fingerprint density at radius 1 is 1.18 bits per heavy atom. The summed E-state index contributed by atoms with van der Waals surface area (Å²) in [5, 5.41) is 11.0. The molecule has 1 atom stereocenters. The van der Waals surface area contributed by atoms with E-state index in [1.54, 1.807) is 18.3 Å². The second kappa shape index (κ2) is 9.01. The van der Waals surface area contributed by atoms with E-state index in [0.717, 1.165) is 17.5 Å². The molecule has 1 saturated carbocycles. The van der Waals surface area contributed by atoms with Crippen molar-refractivity contribution >= 4 is 23.6 Å². The van der Waals surface area contributed by atoms with Gasteiger partial charge in [-0.15, -0.1) is 0 Å². The van der Waals surface area contributed by atoms with Crippen molar-refractivity contribution in [3.8, 4) is 11.6 Å². The van der Waals surface area contributed by atoms with Gasteiger partial charge in [0.25, 0.3) is 0 Å². The van der Waals surface area contributed by atoms with E-state index in [0.29, 0.717) is 24.5 Å². The number of ketones is 1. The number of carboxylic acids is 1. The molecule has 33 heavy (non-hydrogen) atoms. The average molecular weight is 451 g/mol. The summed E-state index contributed by atoms with van der Waals surface area (Å²) in [6.45, 7) is 1.78. The topological polar surface area (TPSA) is 126 Å². The SMILES string of the molecule is Cc1ccc(Oc2ccc(CN3CC4(CCC4)C(=O)C(C(=O)NCC(=O)O)C3=O)cn2)cc1. The first-order valence-electron chi connectivity index (χ1n) is 10.8. The average Bonchev–Trinajstić information content (AvgIpc) is 2.76. The lowest BCUT2D eigenvalue weighted by atomic mass is 9.61. The number of carbonyl (C=O) groups is 4. The fourth-order valence-electron chi connectivity index (χ4n) is 4.27. The number of Topliss-reactive ketones (excluding diaryl/α,β-unsaturated/α-hetero) is 1. The van der Waals surface area contributed by atoms with E-state index in [1.165, 1.54) is 4.90 Å². The molecule has 1 aromatic carbocycles. The number of likely N-dealkylation sites (tertiary alicyclic amines) is 1. The van der Waals surface area contributed by atoms with Gasteiger partial charge in [0, 0.05) is 30.8 Å². The molecule has 2 heterocycles. The summed E-state index contributed by atoms with van der Waals surface area (Å²) in [6, 6.07) is 11.1. The van der Waals surface area contributed by atoms with E-state index < -0.39 is 41.4 Å². The third kappa shape index (κ3) is 4.72. The van der Waals surface area contributed by atoms with Crippen molar-refractivity contribution in [3.63, 3.8) is 0 Å². The van der Waals surface area contributed by atoms with Crippen LogP contribution in [0.15, 0.2) is 42.6 Å². The zero-order valence-electron chi connectivity index (χ0n) is 18.2. The number of rotatable bonds is 7. The predicted molar refractivity (Wildman–Crippen MR) is 116 cm³/mol. The first-order valence-corrected chi connectivity index (χ1v) is 10.8. The molecule has 1 aliphatic heterocycles. The Labute approximate surface area is 190 Å². The van der Waals surface area contributed by atoms with Crippen molar-refractivity contribution in [1.82, 2.24) is 15.2 Å². The highest BCUT2D eigenvalue weighted by molar-refractivity contribution is 6.21. The minimum Gasteiger partial charge on any atom is -0.480 e. The van der Waals surface area contributed by atoms with Crippen LogP contribution in [-0.4, -0.2) is 51.6 Å². The molecule has 172 valence electrons. The Hall–Kier alpha value is -3.75. The van der Waals surface area contributed by atoms with E-state index in [9.17, 15) is 19.2 Å². The van der Waals surface area contributed by atoms with Crippen LogP contribution < -0.4 is 10.1 Å². The lowest BCUT2D eigenvalue weighted by molar-refractivity contribution is -0.164. The summed E-state index contributed by atoms with van der Waals surface area (Å²) in [6.07, 6.45) is 3.67. The van der Waals surface area contributed by atoms with Crippen LogP contribution in [0.4, 0.5) is 0 Å². The number of aryl methyl sites for hydroxylation is 1. The molecule has 9 heteroatoms. The number of aliphatic carboxylic acids is 1. The van der Waals surface area contributed by atoms with Crippen molar-refractivity contribution in [1.29, 1.82) is 0 Å². The molecule has 2 aliphatic rings. The number of hydrogen-bond donors (Lipinski definition) is 2. The zero-order chi connectivity index (χ0) is 23.6. The molecule has 1 aromatic heterocycles. The molecule has 2 amide bonds. The van der Waals surface area contributed by atoms with Gasteiger partial charge in [-0.25, -0.2) is 4.98 Å². The molecule has 1 spiro atoms. The van der Waals surface area contributed by atoms with Gasteiger partial charge in [-0.2, -0.15) is 0 Å². The van der Waals surface area contributed by atoms with Gasteiger partial charge in [-0.1, -0.05) is 30.2 Å². The number of benzene rings is 1. The van der Waals surface area contributed by atoms with Gasteiger partial charge >= 0.3 is 5.97 Å². The molecule has 1 unspecified atom stereocenters. The lowest BCUT2D eigenvalue weighted by Gasteiger charge is -2.49. The maximum atomic E-state index is 13.0. The predicted octanol–water partition coefficient (Wildman–Crippen LogP) is 2.08. The molecule has 2 fully saturated rings. The Morgan fingerprint density at radius 3 is 2.48 bits per heavy atom. The van der Waals surface area contributed by atoms with Gasteiger partial charge in [-0.05, 0) is 37.5 Å². The monoisotopic (exact) mass is 451 g/mol. The molecule has 1 saturated heterocycles. The first kappa shape index (κ1) is 22.4. The van der Waals surface area contributed by atoms with Crippen LogP contribution in [0.1, 0.15) is 30.4 Å². The van der Waals surface area contributed by atoms with E-state index in [2.05, 4.69) is 10.3 Å². The molecule has 9 nitrogen and oxygen atoms in total. The highest BCUT2D eigenvalue weighted by Gasteiger charge is 2.56. The molecular formula is C24H25N3O6. The van der Waals surface area contributed by atoms with Gasteiger partial charge in [0.15, 0.2) is 11.7 Å². The molecule has 4 rings (SSSR count). The van der Waals surface area contributed by atoms with Crippen LogP contribution >= 0.6 is 0 Å². The van der Waals surface area contributed by atoms with Crippen LogP contribution in [-0.2, 0) is 25.7 Å². The number of piperidine rings is 1. The second-order valence-corrected chi connectivity index (χ2v) is 8.66. The number of pyridine rings is 1. The minimum absolute atomic E-state index is 0.189. The van der Waals surface area contributed by atoms with Crippen molar-refractivity contribution in [2.24, 2.45) is 11.3 Å². The Bertz CT molecular complexity index is 1080. The smallest absolute Gasteiger partial charge is 0.322 e. The van der Waals surface area contributed by atoms with Crippen LogP contribution in [0.2, 0.25) is 0 Å². The van der Waals surface area contributed by atoms with Gasteiger partial charge in [-0.3, -0.25) is 19.2 Å². The van der Waals surface area contributed by atoms with Crippen molar-refractivity contribution in [2.75, 3.05) is 13.1 Å². The largest absolute Gasteiger partial charge is 0.480 e. The summed E-state index contributed by atoms with van der Waals surface area (Å²) in [5.74, 6) is -3.57. The van der Waals surface area contributed by atoms with Gasteiger partial charge in [0.05, 0.1) is 0 Å². The maximum Gasteiger partial charge on any atom is 0.322 e. The molecule has 2 aromatic rings. The van der Waals surface area contributed by atoms with Crippen molar-refractivity contribution in [3.05, 3.63) is 53.7 Å². The number of hydrogen-bond acceptors (Lipinski definition) is 6. The van der Waals surface area contributed by atoms with Crippen molar-refractivity contribution in [2.45, 2.75) is 32.7 Å². The van der Waals surface area contributed by atoms with Gasteiger partial charge in [0.2, 0.25) is 17.7 Å². The quantitative estimate of drug-likeness (QED) is 0.617. The van der Waals surface area contributed by atoms with Crippen LogP contribution in [0.5, 0.6) is 11.6 Å². The number of nitrogens with one attached hydrogen (secondary N) is 1. The summed E-state index contributed by atoms with van der Waals surface area (Å²) >= 11 is 0. The number of carbonyl (C=O) groups excluding carboxylic acids is 3. The van der Waals surface area contributed by atoms with Crippen LogP contribution in [0, 0.1) is 18.3 Å². The first-order chi connectivity index (χ1) is 15.8. The number of ether oxygens (including phenoxy) is 1. The Kier molecular flexibility index (Phi) is 6.13. The van der Waals surface area contributed by atoms with E-state index >= 15 is 0 Å². The number of nitrogens with zero attached hydrogens (tertiary/aromatic N) is 2. The van der Waals surface area contributed by atoms with E-state index in [1.807, 2.05) is 31.2 Å². The van der Waals surface area contributed by atoms with Crippen LogP contribution in [0.3, 0.4) is 0 Å². The van der Waals surface area contributed by atoms with Crippen LogP contribution in [0.25, 0.3) is 0 Å². The molecule has 0 bridgehead atoms. The third-order valence-electron chi connectivity index (χ3n) is 6.24. The van der Waals surface area contributed by atoms with Gasteiger partial charge in [0.1, 0.15) is 12.3 Å². The Morgan fingerprint density at radius 2 is 1.91 bits per heavy atom. The van der Waals surface area contributed by atoms with Gasteiger partial charge < -0.3 is 20.1 Å². The van der Waals surface area contributed by atoms with E-state index in [-0.39, 0.29) is 13.1 Å². The summed E-state index contributed by atoms with van der Waals surface area (Å²) in [5.41, 5.74) is 1.11. The normalized spacial score (nSPS) is 19.2. The van der Waals surface area contributed by atoms with Crippen molar-refractivity contribution < 1.29 is 29.0 Å². The second-order valence-electron chi connectivity index (χ2n) is 8.66. The van der Waals surface area contributed by atoms with E-state index in [4.69, 9.17) is 9.84 Å². The minimum atomic E-state index is -1.52. The Balaban J connectivity index is 1.47. The molecule has 2 N–H and O–H groups in total. The highest BCUT2D eigenvalue weighted by Crippen LogP contribution is 2.47. The fourth-order valence-corrected chi connectivity index (χ4v) is 4.27. The molecule has 1 aliphatic carbocycles. The number of aromatic nitrogens is 1. The lowest BCUT2D eigenvalue weighted by Crippen LogP contribution is -2.62. The fraction of sp³-hybridized carbons (Fsp3) is 0.375. The highest BCUT2D eigenvalue weighted by atomic mass is 16.5. The number of amides is 2. The molecular weight excluding hydrogens is 426 g/mol. The summed E-state index contributed by atoms with van der Waals surface area (Å²) in [4.78, 5) is 55.1. The summed E-state index contributed by atoms with van der Waals surface area (Å²) < 4.78 is 5.73. The molecule has 0 radical (unpaired) electrons. The number of carboxylic acid groups (broad SMARTS) is 1. The summed E-state index contributed by atoms with van der Waals surface area (Å²) in [7, 11) is 0. The standard InChI is InChI=1S/C24H25N3O6/c1-15-3-6-17(7-4-15)33-18-8-5-16(11-25-18)13-27-14-24(9-2-10-24)21(30)20(23(27)32)22(31)26-12-19(28)29/h3-8,11,20H,2,9-10,12-14H2,1H3,(H,26,31)(H,28,29). The third-order valence-corrected chi connectivity index (χ3v) is 6.24. The maximum absolute atomic E-state index is 13.0. The zero-order valence-corrected chi connectivity index (χ0v) is 18.2.